The second-order valence-corrected chi connectivity index (χ2v) is 6.31. The number of Topliss-reactive ketones (excluding diaryl/α,β-unsaturated/α-hetero) is 1. The summed E-state index contributed by atoms with van der Waals surface area (Å²) in [5, 5.41) is 2.73. The van der Waals surface area contributed by atoms with Crippen LogP contribution >= 0.6 is 0 Å². The zero-order valence-electron chi connectivity index (χ0n) is 14.8. The molecule has 0 saturated heterocycles. The third-order valence-electron chi connectivity index (χ3n) is 4.46. The Bertz CT molecular complexity index is 865. The number of benzene rings is 2. The highest BCUT2D eigenvalue weighted by Gasteiger charge is 2.33. The van der Waals surface area contributed by atoms with Gasteiger partial charge in [0.15, 0.2) is 11.9 Å². The van der Waals surface area contributed by atoms with Gasteiger partial charge < -0.3 is 14.8 Å². The van der Waals surface area contributed by atoms with Crippen LogP contribution in [0.3, 0.4) is 0 Å². The Hall–Kier alpha value is -2.89. The first-order valence-corrected chi connectivity index (χ1v) is 8.38. The lowest BCUT2D eigenvalue weighted by Crippen LogP contribution is -2.30. The number of ether oxygens (including phenoxy) is 2. The first-order chi connectivity index (χ1) is 12.4. The van der Waals surface area contributed by atoms with Gasteiger partial charge in [-0.25, -0.2) is 4.39 Å². The number of amides is 1. The zero-order chi connectivity index (χ0) is 18.8. The molecule has 1 aliphatic carbocycles. The first-order valence-electron chi connectivity index (χ1n) is 8.38. The molecule has 0 aromatic heterocycles. The van der Waals surface area contributed by atoms with Crippen LogP contribution in [0.1, 0.15) is 42.1 Å². The van der Waals surface area contributed by atoms with Crippen LogP contribution in [0, 0.1) is 5.82 Å². The Morgan fingerprint density at radius 1 is 1.23 bits per heavy atom. The van der Waals surface area contributed by atoms with Crippen LogP contribution in [0.5, 0.6) is 11.5 Å². The van der Waals surface area contributed by atoms with E-state index in [0.717, 1.165) is 0 Å². The van der Waals surface area contributed by atoms with Crippen molar-refractivity contribution >= 4 is 17.4 Å². The lowest BCUT2D eigenvalue weighted by molar-refractivity contribution is -0.122. The van der Waals surface area contributed by atoms with Gasteiger partial charge in [-0.3, -0.25) is 9.59 Å². The minimum Gasteiger partial charge on any atom is -0.495 e. The molecule has 0 radical (unpaired) electrons. The fraction of sp³-hybridized carbons (Fsp3) is 0.300. The van der Waals surface area contributed by atoms with E-state index < -0.39 is 17.8 Å². The molecule has 0 unspecified atom stereocenters. The number of ketones is 1. The van der Waals surface area contributed by atoms with E-state index in [1.807, 2.05) is 0 Å². The first kappa shape index (κ1) is 17.9. The molecule has 0 aliphatic heterocycles. The van der Waals surface area contributed by atoms with E-state index in [1.165, 1.54) is 19.2 Å². The van der Waals surface area contributed by atoms with Gasteiger partial charge in [0.05, 0.1) is 18.4 Å². The molecule has 1 amide bonds. The Balaban J connectivity index is 1.80. The molecule has 0 saturated carbocycles. The number of hydrogen-bond donors (Lipinski definition) is 1. The highest BCUT2D eigenvalue weighted by atomic mass is 19.1. The normalized spacial score (nSPS) is 16.8. The number of hydrogen-bond acceptors (Lipinski definition) is 4. The number of carbonyl (C=O) groups excluding carboxylic acids is 2. The van der Waals surface area contributed by atoms with Crippen molar-refractivity contribution in [1.29, 1.82) is 0 Å². The molecule has 6 heteroatoms. The molecule has 3 rings (SSSR count). The van der Waals surface area contributed by atoms with Gasteiger partial charge in [-0.2, -0.15) is 0 Å². The van der Waals surface area contributed by atoms with Gasteiger partial charge in [0, 0.05) is 12.0 Å². The van der Waals surface area contributed by atoms with Gasteiger partial charge in [0.25, 0.3) is 5.91 Å². The summed E-state index contributed by atoms with van der Waals surface area (Å²) in [6.07, 6.45) is -0.632. The number of rotatable bonds is 5. The van der Waals surface area contributed by atoms with Crippen molar-refractivity contribution in [3.8, 4) is 11.5 Å². The van der Waals surface area contributed by atoms with Crippen molar-refractivity contribution in [2.24, 2.45) is 0 Å². The van der Waals surface area contributed by atoms with Crippen LogP contribution in [0.2, 0.25) is 0 Å². The van der Waals surface area contributed by atoms with E-state index in [0.29, 0.717) is 17.0 Å². The summed E-state index contributed by atoms with van der Waals surface area (Å²) in [6, 6.07) is 9.68. The summed E-state index contributed by atoms with van der Waals surface area (Å²) in [6.45, 7) is 3.37. The van der Waals surface area contributed by atoms with E-state index in [-0.39, 0.29) is 29.4 Å². The number of fused-ring (bicyclic) bond motifs is 1. The van der Waals surface area contributed by atoms with E-state index in [9.17, 15) is 14.0 Å². The Morgan fingerprint density at radius 3 is 2.69 bits per heavy atom. The van der Waals surface area contributed by atoms with E-state index in [2.05, 4.69) is 5.32 Å². The molecule has 2 aromatic carbocycles. The van der Waals surface area contributed by atoms with Gasteiger partial charge in [0.2, 0.25) is 0 Å². The molecule has 2 aromatic rings. The third-order valence-corrected chi connectivity index (χ3v) is 4.46. The van der Waals surface area contributed by atoms with Gasteiger partial charge in [-0.15, -0.1) is 0 Å². The summed E-state index contributed by atoms with van der Waals surface area (Å²) in [7, 11) is 1.51. The van der Waals surface area contributed by atoms with Crippen LogP contribution in [0.4, 0.5) is 10.1 Å². The fourth-order valence-corrected chi connectivity index (χ4v) is 3.15. The van der Waals surface area contributed by atoms with Crippen molar-refractivity contribution in [2.45, 2.75) is 32.3 Å². The number of nitrogens with one attached hydrogen (secondary N) is 1. The molecular weight excluding hydrogens is 337 g/mol. The second kappa shape index (κ2) is 7.15. The van der Waals surface area contributed by atoms with Crippen LogP contribution in [-0.4, -0.2) is 24.9 Å². The van der Waals surface area contributed by atoms with E-state index in [4.69, 9.17) is 9.47 Å². The molecule has 1 aliphatic rings. The third kappa shape index (κ3) is 3.27. The van der Waals surface area contributed by atoms with Crippen molar-refractivity contribution in [1.82, 2.24) is 0 Å². The Kier molecular flexibility index (Phi) is 4.93. The number of halogens is 1. The second-order valence-electron chi connectivity index (χ2n) is 6.31. The molecule has 0 heterocycles. The SMILES string of the molecule is COc1ccccc1NC(=O)[C@@H](C)Oc1ccc(F)c2c1C(=O)C[C@@H]2C. The van der Waals surface area contributed by atoms with E-state index >= 15 is 0 Å². The summed E-state index contributed by atoms with van der Waals surface area (Å²) in [4.78, 5) is 24.7. The maximum atomic E-state index is 14.1. The lowest BCUT2D eigenvalue weighted by atomic mass is 10.0. The molecule has 1 N–H and O–H groups in total. The molecular formula is C20H20FNO4. The molecule has 0 spiro atoms. The van der Waals surface area contributed by atoms with Crippen LogP contribution in [-0.2, 0) is 4.79 Å². The molecule has 0 fully saturated rings. The van der Waals surface area contributed by atoms with Crippen molar-refractivity contribution in [3.63, 3.8) is 0 Å². The molecule has 5 nitrogen and oxygen atoms in total. The van der Waals surface area contributed by atoms with Crippen molar-refractivity contribution in [3.05, 3.63) is 53.3 Å². The molecule has 0 bridgehead atoms. The Labute approximate surface area is 151 Å². The standard InChI is InChI=1S/C20H20FNO4/c1-11-10-15(23)19-17(9-8-13(21)18(11)19)26-12(2)20(24)22-14-6-4-5-7-16(14)25-3/h4-9,11-12H,10H2,1-3H3,(H,22,24)/t11-,12+/m0/s1. The van der Waals surface area contributed by atoms with Gasteiger partial charge in [-0.1, -0.05) is 19.1 Å². The number of carbonyl (C=O) groups is 2. The summed E-state index contributed by atoms with van der Waals surface area (Å²) >= 11 is 0. The molecule has 136 valence electrons. The van der Waals surface area contributed by atoms with Gasteiger partial charge >= 0.3 is 0 Å². The Morgan fingerprint density at radius 2 is 1.96 bits per heavy atom. The number of para-hydroxylation sites is 2. The highest BCUT2D eigenvalue weighted by Crippen LogP contribution is 2.40. The number of methoxy groups -OCH3 is 1. The van der Waals surface area contributed by atoms with Crippen LogP contribution < -0.4 is 14.8 Å². The van der Waals surface area contributed by atoms with Gasteiger partial charge in [0.1, 0.15) is 17.3 Å². The minimum atomic E-state index is -0.877. The quantitative estimate of drug-likeness (QED) is 0.881. The van der Waals surface area contributed by atoms with Crippen molar-refractivity contribution < 1.29 is 23.5 Å². The zero-order valence-corrected chi connectivity index (χ0v) is 14.8. The summed E-state index contributed by atoms with van der Waals surface area (Å²) in [5.41, 5.74) is 1.13. The lowest BCUT2D eigenvalue weighted by Gasteiger charge is -2.18. The van der Waals surface area contributed by atoms with Crippen molar-refractivity contribution in [2.75, 3.05) is 12.4 Å². The number of anilines is 1. The minimum absolute atomic E-state index is 0.167. The average molecular weight is 357 g/mol. The summed E-state index contributed by atoms with van der Waals surface area (Å²) < 4.78 is 25.0. The average Bonchev–Trinajstić information content (AvgIpc) is 2.93. The fourth-order valence-electron chi connectivity index (χ4n) is 3.15. The maximum Gasteiger partial charge on any atom is 0.265 e. The molecule has 2 atom stereocenters. The summed E-state index contributed by atoms with van der Waals surface area (Å²) in [5.74, 6) is -0.417. The topological polar surface area (TPSA) is 64.6 Å². The van der Waals surface area contributed by atoms with Gasteiger partial charge in [-0.05, 0) is 37.1 Å². The predicted octanol–water partition coefficient (Wildman–Crippen LogP) is 3.93. The smallest absolute Gasteiger partial charge is 0.265 e. The maximum absolute atomic E-state index is 14.1. The highest BCUT2D eigenvalue weighted by molar-refractivity contribution is 6.04. The molecule has 26 heavy (non-hydrogen) atoms. The van der Waals surface area contributed by atoms with Crippen LogP contribution in [0.15, 0.2) is 36.4 Å². The van der Waals surface area contributed by atoms with Crippen LogP contribution in [0.25, 0.3) is 0 Å². The van der Waals surface area contributed by atoms with E-state index in [1.54, 1.807) is 38.1 Å². The predicted molar refractivity (Wildman–Crippen MR) is 95.5 cm³/mol. The largest absolute Gasteiger partial charge is 0.495 e. The monoisotopic (exact) mass is 357 g/mol.